The van der Waals surface area contributed by atoms with Gasteiger partial charge in [-0.05, 0) is 32.3 Å². The molecule has 72 valence electrons. The lowest BCUT2D eigenvalue weighted by molar-refractivity contribution is 0.0829. The van der Waals surface area contributed by atoms with Gasteiger partial charge in [-0.25, -0.2) is 4.79 Å². The Morgan fingerprint density at radius 2 is 2.46 bits per heavy atom. The minimum absolute atomic E-state index is 0.0287. The topological polar surface area (TPSA) is 26.3 Å². The number of ether oxygens (including phenoxy) is 1. The average Bonchev–Trinajstić information content (AvgIpc) is 2.10. The van der Waals surface area contributed by atoms with E-state index in [0.29, 0.717) is 12.2 Å². The number of allylic oxidation sites excluding steroid dienone is 1. The van der Waals surface area contributed by atoms with Crippen molar-refractivity contribution in [3.05, 3.63) is 17.7 Å². The number of hydrogen-bond acceptors (Lipinski definition) is 2. The number of carbonyl (C=O) groups excluding carboxylic acids is 1. The van der Waals surface area contributed by atoms with Gasteiger partial charge in [-0.15, -0.1) is 0 Å². The van der Waals surface area contributed by atoms with Crippen LogP contribution in [-0.4, -0.2) is 18.7 Å². The first-order chi connectivity index (χ1) is 6.38. The second kappa shape index (κ2) is 5.74. The van der Waals surface area contributed by atoms with Crippen molar-refractivity contribution < 1.29 is 9.53 Å². The summed E-state index contributed by atoms with van der Waals surface area (Å²) in [6, 6.07) is 0. The third-order valence-electron chi connectivity index (χ3n) is 2.22. The van der Waals surface area contributed by atoms with Crippen molar-refractivity contribution in [2.45, 2.75) is 38.7 Å². The summed E-state index contributed by atoms with van der Waals surface area (Å²) in [6.45, 7) is 2.61. The standard InChI is InChI=1S/C11H16O2/c1-2-13-11-8-6-4-3-5-7-10(11)9-12/h5,7,11H,2-4,6,8H2,1H3. The molecule has 0 spiro atoms. The van der Waals surface area contributed by atoms with Gasteiger partial charge in [0.25, 0.3) is 0 Å². The predicted octanol–water partition coefficient (Wildman–Crippen LogP) is 2.28. The van der Waals surface area contributed by atoms with Crippen molar-refractivity contribution in [1.82, 2.24) is 0 Å². The summed E-state index contributed by atoms with van der Waals surface area (Å²) in [6.07, 6.45) is 8.18. The molecular weight excluding hydrogens is 164 g/mol. The lowest BCUT2D eigenvalue weighted by Crippen LogP contribution is -2.16. The molecule has 1 aliphatic rings. The van der Waals surface area contributed by atoms with Crippen molar-refractivity contribution in [3.63, 3.8) is 0 Å². The van der Waals surface area contributed by atoms with E-state index in [1.165, 1.54) is 6.42 Å². The molecule has 0 fully saturated rings. The van der Waals surface area contributed by atoms with E-state index >= 15 is 0 Å². The highest BCUT2D eigenvalue weighted by atomic mass is 16.5. The molecule has 1 aliphatic carbocycles. The van der Waals surface area contributed by atoms with Gasteiger partial charge >= 0.3 is 0 Å². The van der Waals surface area contributed by atoms with Crippen molar-refractivity contribution in [3.8, 4) is 0 Å². The largest absolute Gasteiger partial charge is 0.373 e. The summed E-state index contributed by atoms with van der Waals surface area (Å²) in [4.78, 5) is 10.6. The molecular formula is C11H16O2. The first kappa shape index (κ1) is 10.2. The molecule has 0 amide bonds. The molecule has 0 N–H and O–H groups in total. The molecule has 1 atom stereocenters. The summed E-state index contributed by atoms with van der Waals surface area (Å²) in [5.74, 6) is 1.96. The lowest BCUT2D eigenvalue weighted by atomic mass is 10.00. The zero-order valence-electron chi connectivity index (χ0n) is 8.08. The average molecular weight is 180 g/mol. The molecule has 13 heavy (non-hydrogen) atoms. The smallest absolute Gasteiger partial charge is 0.130 e. The highest BCUT2D eigenvalue weighted by molar-refractivity contribution is 5.59. The maximum Gasteiger partial charge on any atom is 0.130 e. The van der Waals surface area contributed by atoms with Gasteiger partial charge in [-0.1, -0.05) is 12.5 Å². The van der Waals surface area contributed by atoms with Crippen LogP contribution in [0.25, 0.3) is 0 Å². The van der Waals surface area contributed by atoms with E-state index in [1.54, 1.807) is 0 Å². The normalized spacial score (nSPS) is 23.5. The van der Waals surface area contributed by atoms with E-state index in [9.17, 15) is 4.79 Å². The quantitative estimate of drug-likeness (QED) is 0.609. The fraction of sp³-hybridized carbons (Fsp3) is 0.636. The molecule has 0 aromatic rings. The molecule has 0 saturated heterocycles. The minimum Gasteiger partial charge on any atom is -0.373 e. The van der Waals surface area contributed by atoms with Gasteiger partial charge in [0.15, 0.2) is 0 Å². The Kier molecular flexibility index (Phi) is 4.52. The van der Waals surface area contributed by atoms with Gasteiger partial charge in [0, 0.05) is 6.61 Å². The zero-order valence-corrected chi connectivity index (χ0v) is 8.08. The number of rotatable bonds is 2. The third kappa shape index (κ3) is 3.17. The molecule has 0 aromatic heterocycles. The summed E-state index contributed by atoms with van der Waals surface area (Å²) < 4.78 is 5.47. The third-order valence-corrected chi connectivity index (χ3v) is 2.22. The molecule has 0 aromatic carbocycles. The Labute approximate surface area is 79.3 Å². The molecule has 2 nitrogen and oxygen atoms in total. The SMILES string of the molecule is CCOC1CCCCC=CC1=C=O. The fourth-order valence-corrected chi connectivity index (χ4v) is 1.54. The van der Waals surface area contributed by atoms with Crippen LogP contribution in [0.15, 0.2) is 17.7 Å². The molecule has 1 rings (SSSR count). The minimum atomic E-state index is -0.0287. The highest BCUT2D eigenvalue weighted by Crippen LogP contribution is 2.17. The molecule has 0 saturated carbocycles. The zero-order chi connectivity index (χ0) is 9.52. The van der Waals surface area contributed by atoms with Gasteiger partial charge < -0.3 is 4.74 Å². The van der Waals surface area contributed by atoms with Gasteiger partial charge in [0.2, 0.25) is 0 Å². The lowest BCUT2D eigenvalue weighted by Gasteiger charge is -2.17. The van der Waals surface area contributed by atoms with Crippen LogP contribution in [0, 0.1) is 0 Å². The molecule has 1 unspecified atom stereocenters. The summed E-state index contributed by atoms with van der Waals surface area (Å²) in [7, 11) is 0. The van der Waals surface area contributed by atoms with E-state index in [0.717, 1.165) is 19.3 Å². The van der Waals surface area contributed by atoms with Crippen molar-refractivity contribution in [1.29, 1.82) is 0 Å². The van der Waals surface area contributed by atoms with Crippen LogP contribution < -0.4 is 0 Å². The first-order valence-electron chi connectivity index (χ1n) is 4.91. The van der Waals surface area contributed by atoms with Crippen LogP contribution in [-0.2, 0) is 9.53 Å². The van der Waals surface area contributed by atoms with E-state index in [1.807, 2.05) is 25.0 Å². The van der Waals surface area contributed by atoms with Crippen LogP contribution in [0.5, 0.6) is 0 Å². The van der Waals surface area contributed by atoms with E-state index in [2.05, 4.69) is 0 Å². The molecule has 2 heteroatoms. The highest BCUT2D eigenvalue weighted by Gasteiger charge is 2.14. The van der Waals surface area contributed by atoms with Gasteiger partial charge in [-0.3, -0.25) is 0 Å². The van der Waals surface area contributed by atoms with E-state index in [4.69, 9.17) is 4.74 Å². The van der Waals surface area contributed by atoms with Crippen LogP contribution in [0.4, 0.5) is 0 Å². The van der Waals surface area contributed by atoms with Crippen LogP contribution in [0.3, 0.4) is 0 Å². The Balaban J connectivity index is 2.69. The Morgan fingerprint density at radius 3 is 3.15 bits per heavy atom. The van der Waals surface area contributed by atoms with Crippen LogP contribution in [0.2, 0.25) is 0 Å². The van der Waals surface area contributed by atoms with Gasteiger partial charge in [-0.2, -0.15) is 0 Å². The second-order valence-electron chi connectivity index (χ2n) is 3.19. The summed E-state index contributed by atoms with van der Waals surface area (Å²) >= 11 is 0. The van der Waals surface area contributed by atoms with Crippen LogP contribution >= 0.6 is 0 Å². The number of hydrogen-bond donors (Lipinski definition) is 0. The fourth-order valence-electron chi connectivity index (χ4n) is 1.54. The van der Waals surface area contributed by atoms with E-state index < -0.39 is 0 Å². The van der Waals surface area contributed by atoms with E-state index in [-0.39, 0.29) is 6.10 Å². The van der Waals surface area contributed by atoms with Crippen molar-refractivity contribution in [2.24, 2.45) is 0 Å². The molecule has 0 aliphatic heterocycles. The molecule has 0 radical (unpaired) electrons. The Bertz CT molecular complexity index is 224. The maximum absolute atomic E-state index is 10.6. The maximum atomic E-state index is 10.6. The molecule has 0 bridgehead atoms. The van der Waals surface area contributed by atoms with Crippen molar-refractivity contribution in [2.75, 3.05) is 6.61 Å². The second-order valence-corrected chi connectivity index (χ2v) is 3.19. The Hall–Kier alpha value is -0.850. The molecule has 0 heterocycles. The predicted molar refractivity (Wildman–Crippen MR) is 52.2 cm³/mol. The first-order valence-corrected chi connectivity index (χ1v) is 4.91. The van der Waals surface area contributed by atoms with Crippen LogP contribution in [0.1, 0.15) is 32.6 Å². The summed E-state index contributed by atoms with van der Waals surface area (Å²) in [5, 5.41) is 0. The van der Waals surface area contributed by atoms with Gasteiger partial charge in [0.05, 0.1) is 11.7 Å². The Morgan fingerprint density at radius 1 is 1.62 bits per heavy atom. The van der Waals surface area contributed by atoms with Crippen molar-refractivity contribution >= 4 is 5.94 Å². The monoisotopic (exact) mass is 180 g/mol. The summed E-state index contributed by atoms with van der Waals surface area (Å²) in [5.41, 5.74) is 0.668. The van der Waals surface area contributed by atoms with Gasteiger partial charge in [0.1, 0.15) is 5.94 Å².